The predicted octanol–water partition coefficient (Wildman–Crippen LogP) is 2.58. The van der Waals surface area contributed by atoms with Crippen LogP contribution in [0.3, 0.4) is 0 Å². The highest BCUT2D eigenvalue weighted by Crippen LogP contribution is 2.23. The topological polar surface area (TPSA) is 98.7 Å². The minimum Gasteiger partial charge on any atom is -0.448 e. The molecule has 0 saturated heterocycles. The standard InChI is InChI=1S/C17H14N6O2/c1-10-21-14(8-25-10)17(24)22-16-4-11-3-12(5-19-13(11)6-20-16)15-7-18-9-23(15)2/h3-9H,1-2H3,(H,20,22,24). The number of aryl methyl sites for hydroxylation is 2. The van der Waals surface area contributed by atoms with Crippen LogP contribution in [-0.4, -0.2) is 30.4 Å². The smallest absolute Gasteiger partial charge is 0.278 e. The van der Waals surface area contributed by atoms with E-state index >= 15 is 0 Å². The fourth-order valence-corrected chi connectivity index (χ4v) is 2.52. The molecule has 124 valence electrons. The van der Waals surface area contributed by atoms with Crippen molar-refractivity contribution in [2.24, 2.45) is 7.05 Å². The molecule has 4 rings (SSSR count). The molecular formula is C17H14N6O2. The summed E-state index contributed by atoms with van der Waals surface area (Å²) in [5.74, 6) is 0.475. The van der Waals surface area contributed by atoms with E-state index in [-0.39, 0.29) is 11.6 Å². The molecule has 8 nitrogen and oxygen atoms in total. The Balaban J connectivity index is 1.67. The Hall–Kier alpha value is -3.55. The zero-order valence-electron chi connectivity index (χ0n) is 13.6. The van der Waals surface area contributed by atoms with Gasteiger partial charge in [0.05, 0.1) is 29.9 Å². The van der Waals surface area contributed by atoms with Crippen molar-refractivity contribution in [1.82, 2.24) is 24.5 Å². The predicted molar refractivity (Wildman–Crippen MR) is 90.9 cm³/mol. The lowest BCUT2D eigenvalue weighted by Gasteiger charge is -2.06. The first kappa shape index (κ1) is 15.0. The highest BCUT2D eigenvalue weighted by Gasteiger charge is 2.12. The van der Waals surface area contributed by atoms with Crippen molar-refractivity contribution >= 4 is 22.6 Å². The van der Waals surface area contributed by atoms with E-state index in [2.05, 4.69) is 25.3 Å². The molecule has 0 bridgehead atoms. The Labute approximate surface area is 142 Å². The summed E-state index contributed by atoms with van der Waals surface area (Å²) >= 11 is 0. The number of carbonyl (C=O) groups excluding carboxylic acids is 1. The number of fused-ring (bicyclic) bond motifs is 1. The average molecular weight is 334 g/mol. The molecule has 0 aromatic carbocycles. The molecule has 0 unspecified atom stereocenters. The van der Waals surface area contributed by atoms with Gasteiger partial charge < -0.3 is 14.3 Å². The van der Waals surface area contributed by atoms with E-state index in [9.17, 15) is 4.79 Å². The SMILES string of the molecule is Cc1nc(C(=O)Nc2cc3cc(-c4cncn4C)cnc3cn2)co1. The first-order valence-corrected chi connectivity index (χ1v) is 7.56. The number of hydrogen-bond acceptors (Lipinski definition) is 6. The molecule has 4 aromatic heterocycles. The Kier molecular flexibility index (Phi) is 3.50. The zero-order chi connectivity index (χ0) is 17.4. The molecule has 0 aliphatic rings. The summed E-state index contributed by atoms with van der Waals surface area (Å²) in [6.07, 6.45) is 8.22. The van der Waals surface area contributed by atoms with Crippen LogP contribution in [-0.2, 0) is 7.05 Å². The maximum atomic E-state index is 12.2. The van der Waals surface area contributed by atoms with Crippen molar-refractivity contribution < 1.29 is 9.21 Å². The van der Waals surface area contributed by atoms with Crippen LogP contribution in [0.15, 0.2) is 47.7 Å². The van der Waals surface area contributed by atoms with Gasteiger partial charge in [-0.2, -0.15) is 0 Å². The molecule has 0 radical (unpaired) electrons. The van der Waals surface area contributed by atoms with Crippen LogP contribution >= 0.6 is 0 Å². The first-order valence-electron chi connectivity index (χ1n) is 7.56. The maximum Gasteiger partial charge on any atom is 0.278 e. The number of amides is 1. The zero-order valence-corrected chi connectivity index (χ0v) is 13.6. The molecule has 0 aliphatic heterocycles. The summed E-state index contributed by atoms with van der Waals surface area (Å²) in [5, 5.41) is 3.57. The highest BCUT2D eigenvalue weighted by molar-refractivity contribution is 6.02. The van der Waals surface area contributed by atoms with Crippen molar-refractivity contribution in [2.45, 2.75) is 6.92 Å². The van der Waals surface area contributed by atoms with Gasteiger partial charge in [-0.15, -0.1) is 0 Å². The first-order chi connectivity index (χ1) is 12.1. The third-order valence-corrected chi connectivity index (χ3v) is 3.77. The highest BCUT2D eigenvalue weighted by atomic mass is 16.3. The Morgan fingerprint density at radius 1 is 1.20 bits per heavy atom. The number of nitrogens with one attached hydrogen (secondary N) is 1. The normalized spacial score (nSPS) is 11.0. The number of carbonyl (C=O) groups is 1. The van der Waals surface area contributed by atoms with Gasteiger partial charge in [0.15, 0.2) is 11.6 Å². The van der Waals surface area contributed by atoms with Crippen molar-refractivity contribution in [3.63, 3.8) is 0 Å². The number of aromatic nitrogens is 5. The van der Waals surface area contributed by atoms with Gasteiger partial charge in [-0.05, 0) is 12.1 Å². The molecule has 0 saturated carbocycles. The number of rotatable bonds is 3. The van der Waals surface area contributed by atoms with Gasteiger partial charge in [-0.3, -0.25) is 9.78 Å². The summed E-state index contributed by atoms with van der Waals surface area (Å²) < 4.78 is 6.97. The Morgan fingerprint density at radius 2 is 2.08 bits per heavy atom. The third-order valence-electron chi connectivity index (χ3n) is 3.77. The minimum absolute atomic E-state index is 0.209. The van der Waals surface area contributed by atoms with E-state index in [1.54, 1.807) is 37.9 Å². The molecule has 1 N–H and O–H groups in total. The van der Waals surface area contributed by atoms with Crippen molar-refractivity contribution in [2.75, 3.05) is 5.32 Å². The van der Waals surface area contributed by atoms with Crippen LogP contribution in [0.25, 0.3) is 22.2 Å². The molecule has 0 fully saturated rings. The van der Waals surface area contributed by atoms with Gasteiger partial charge in [-0.1, -0.05) is 0 Å². The summed E-state index contributed by atoms with van der Waals surface area (Å²) in [6.45, 7) is 1.68. The summed E-state index contributed by atoms with van der Waals surface area (Å²) in [5.41, 5.74) is 2.83. The molecule has 25 heavy (non-hydrogen) atoms. The molecular weight excluding hydrogens is 320 g/mol. The molecule has 8 heteroatoms. The second kappa shape index (κ2) is 5.82. The lowest BCUT2D eigenvalue weighted by molar-refractivity contribution is 0.102. The van der Waals surface area contributed by atoms with E-state index < -0.39 is 0 Å². The van der Waals surface area contributed by atoms with E-state index in [4.69, 9.17) is 4.42 Å². The second-order valence-electron chi connectivity index (χ2n) is 5.58. The number of hydrogen-bond donors (Lipinski definition) is 1. The number of oxazole rings is 1. The molecule has 4 aromatic rings. The van der Waals surface area contributed by atoms with E-state index in [0.717, 1.165) is 22.2 Å². The van der Waals surface area contributed by atoms with Crippen molar-refractivity contribution in [3.8, 4) is 11.3 Å². The number of pyridine rings is 2. The van der Waals surface area contributed by atoms with Crippen molar-refractivity contribution in [1.29, 1.82) is 0 Å². The van der Waals surface area contributed by atoms with Gasteiger partial charge in [-0.25, -0.2) is 15.0 Å². The van der Waals surface area contributed by atoms with Gasteiger partial charge in [0.1, 0.15) is 12.1 Å². The number of nitrogens with zero attached hydrogens (tertiary/aromatic N) is 5. The molecule has 4 heterocycles. The van der Waals surface area contributed by atoms with Crippen LogP contribution < -0.4 is 5.32 Å². The molecule has 0 atom stereocenters. The van der Waals surface area contributed by atoms with Gasteiger partial charge in [0, 0.05) is 31.1 Å². The molecule has 0 spiro atoms. The summed E-state index contributed by atoms with van der Waals surface area (Å²) in [4.78, 5) is 28.9. The molecule has 1 amide bonds. The fourth-order valence-electron chi connectivity index (χ4n) is 2.52. The second-order valence-corrected chi connectivity index (χ2v) is 5.58. The van der Waals surface area contributed by atoms with Crippen LogP contribution in [0.1, 0.15) is 16.4 Å². The van der Waals surface area contributed by atoms with E-state index in [1.165, 1.54) is 6.26 Å². The maximum absolute atomic E-state index is 12.2. The van der Waals surface area contributed by atoms with Gasteiger partial charge >= 0.3 is 0 Å². The number of anilines is 1. The average Bonchev–Trinajstić information content (AvgIpc) is 3.22. The number of imidazole rings is 1. The van der Waals surface area contributed by atoms with Gasteiger partial charge in [0.2, 0.25) is 0 Å². The van der Waals surface area contributed by atoms with Gasteiger partial charge in [0.25, 0.3) is 5.91 Å². The Bertz CT molecular complexity index is 1080. The Morgan fingerprint density at radius 3 is 2.80 bits per heavy atom. The van der Waals surface area contributed by atoms with E-state index in [1.807, 2.05) is 17.7 Å². The largest absolute Gasteiger partial charge is 0.448 e. The van der Waals surface area contributed by atoms with Crippen LogP contribution in [0.5, 0.6) is 0 Å². The fraction of sp³-hybridized carbons (Fsp3) is 0.118. The molecule has 0 aliphatic carbocycles. The monoisotopic (exact) mass is 334 g/mol. The lowest BCUT2D eigenvalue weighted by atomic mass is 10.1. The summed E-state index contributed by atoms with van der Waals surface area (Å²) in [7, 11) is 1.92. The van der Waals surface area contributed by atoms with E-state index in [0.29, 0.717) is 11.7 Å². The van der Waals surface area contributed by atoms with Crippen molar-refractivity contribution in [3.05, 3.63) is 54.9 Å². The van der Waals surface area contributed by atoms with Crippen LogP contribution in [0.4, 0.5) is 5.82 Å². The minimum atomic E-state index is -0.376. The lowest BCUT2D eigenvalue weighted by Crippen LogP contribution is -2.13. The quantitative estimate of drug-likeness (QED) is 0.618. The van der Waals surface area contributed by atoms with Crippen LogP contribution in [0, 0.1) is 6.92 Å². The van der Waals surface area contributed by atoms with Crippen LogP contribution in [0.2, 0.25) is 0 Å². The summed E-state index contributed by atoms with van der Waals surface area (Å²) in [6, 6.07) is 3.75. The third kappa shape index (κ3) is 2.85.